The van der Waals surface area contributed by atoms with Gasteiger partial charge in [-0.2, -0.15) is 0 Å². The average molecular weight is 402 g/mol. The van der Waals surface area contributed by atoms with Crippen molar-refractivity contribution in [1.82, 2.24) is 14.5 Å². The number of aryl methyl sites for hydroxylation is 1. The summed E-state index contributed by atoms with van der Waals surface area (Å²) in [4.78, 5) is 34.7. The minimum absolute atomic E-state index is 0.112. The van der Waals surface area contributed by atoms with Crippen LogP contribution in [0.2, 0.25) is 0 Å². The molecule has 4 heterocycles. The molecule has 7 heteroatoms. The van der Waals surface area contributed by atoms with Gasteiger partial charge < -0.3 is 9.64 Å². The molecular formula is C21H27N3O3S. The SMILES string of the molecule is C[C@H]1CCc2c(sc3ncn(C4CCN(C(=O)[C@@H]5CCCO5)CC4)c(=O)c23)C1. The Labute approximate surface area is 168 Å². The molecule has 0 spiro atoms. The lowest BCUT2D eigenvalue weighted by Crippen LogP contribution is -2.45. The molecule has 6 nitrogen and oxygen atoms in total. The van der Waals surface area contributed by atoms with Gasteiger partial charge in [0.15, 0.2) is 0 Å². The summed E-state index contributed by atoms with van der Waals surface area (Å²) in [6, 6.07) is 0.121. The van der Waals surface area contributed by atoms with Crippen LogP contribution in [0, 0.1) is 5.92 Å². The minimum atomic E-state index is -0.253. The Kier molecular flexibility index (Phi) is 4.75. The van der Waals surface area contributed by atoms with E-state index in [-0.39, 0.29) is 23.6 Å². The van der Waals surface area contributed by atoms with Crippen molar-refractivity contribution in [1.29, 1.82) is 0 Å². The number of carbonyl (C=O) groups excluding carboxylic acids is 1. The lowest BCUT2D eigenvalue weighted by molar-refractivity contribution is -0.142. The van der Waals surface area contributed by atoms with Crippen molar-refractivity contribution in [2.75, 3.05) is 19.7 Å². The summed E-state index contributed by atoms with van der Waals surface area (Å²) in [6.07, 6.45) is 8.10. The molecule has 2 aliphatic heterocycles. The van der Waals surface area contributed by atoms with Crippen LogP contribution < -0.4 is 5.56 Å². The highest BCUT2D eigenvalue weighted by Gasteiger charge is 2.32. The first kappa shape index (κ1) is 18.3. The number of rotatable bonds is 2. The molecule has 1 aliphatic carbocycles. The molecule has 5 rings (SSSR count). The summed E-state index contributed by atoms with van der Waals surface area (Å²) < 4.78 is 7.38. The molecule has 150 valence electrons. The summed E-state index contributed by atoms with van der Waals surface area (Å²) in [5, 5.41) is 0.854. The zero-order valence-electron chi connectivity index (χ0n) is 16.4. The van der Waals surface area contributed by atoms with E-state index in [0.29, 0.717) is 25.6 Å². The highest BCUT2D eigenvalue weighted by atomic mass is 32.1. The van der Waals surface area contributed by atoms with E-state index in [4.69, 9.17) is 4.74 Å². The largest absolute Gasteiger partial charge is 0.368 e. The van der Waals surface area contributed by atoms with Gasteiger partial charge in [0.25, 0.3) is 11.5 Å². The maximum absolute atomic E-state index is 13.3. The van der Waals surface area contributed by atoms with Crippen LogP contribution >= 0.6 is 11.3 Å². The second kappa shape index (κ2) is 7.26. The average Bonchev–Trinajstić information content (AvgIpc) is 3.35. The Balaban J connectivity index is 1.36. The van der Waals surface area contributed by atoms with Gasteiger partial charge in [-0.05, 0) is 56.4 Å². The Morgan fingerprint density at radius 1 is 1.25 bits per heavy atom. The highest BCUT2D eigenvalue weighted by Crippen LogP contribution is 2.36. The van der Waals surface area contributed by atoms with Crippen molar-refractivity contribution in [3.05, 3.63) is 27.1 Å². The third-order valence-corrected chi connectivity index (χ3v) is 7.78. The number of fused-ring (bicyclic) bond motifs is 3. The Hall–Kier alpha value is -1.73. The van der Waals surface area contributed by atoms with Gasteiger partial charge in [0, 0.05) is 30.6 Å². The third kappa shape index (κ3) is 3.08. The van der Waals surface area contributed by atoms with Gasteiger partial charge in [-0.3, -0.25) is 14.2 Å². The number of aromatic nitrogens is 2. The van der Waals surface area contributed by atoms with Crippen molar-refractivity contribution in [2.24, 2.45) is 5.92 Å². The van der Waals surface area contributed by atoms with Crippen molar-refractivity contribution in [3.63, 3.8) is 0 Å². The van der Waals surface area contributed by atoms with E-state index in [0.717, 1.165) is 55.2 Å². The van der Waals surface area contributed by atoms with Crippen molar-refractivity contribution >= 4 is 27.5 Å². The summed E-state index contributed by atoms with van der Waals surface area (Å²) in [6.45, 7) is 4.35. The quantitative estimate of drug-likeness (QED) is 0.776. The summed E-state index contributed by atoms with van der Waals surface area (Å²) in [7, 11) is 0. The number of amides is 1. The predicted octanol–water partition coefficient (Wildman–Crippen LogP) is 2.93. The standard InChI is InChI=1S/C21H27N3O3S/c1-13-4-5-15-17(11-13)28-19-18(15)21(26)24(12-22-19)14-6-8-23(9-7-14)20(25)16-3-2-10-27-16/h12-14,16H,2-11H2,1H3/t13-,16-/m0/s1. The van der Waals surface area contributed by atoms with Crippen LogP contribution in [0.5, 0.6) is 0 Å². The lowest BCUT2D eigenvalue weighted by Gasteiger charge is -2.34. The van der Waals surface area contributed by atoms with Gasteiger partial charge in [-0.15, -0.1) is 11.3 Å². The molecule has 3 aliphatic rings. The number of nitrogens with zero attached hydrogens (tertiary/aromatic N) is 3. The first-order valence-corrected chi connectivity index (χ1v) is 11.3. The number of thiophene rings is 1. The Morgan fingerprint density at radius 2 is 2.07 bits per heavy atom. The Morgan fingerprint density at radius 3 is 2.82 bits per heavy atom. The maximum atomic E-state index is 13.3. The van der Waals surface area contributed by atoms with Crippen LogP contribution in [-0.2, 0) is 22.4 Å². The molecule has 0 N–H and O–H groups in total. The molecule has 2 aromatic heterocycles. The van der Waals surface area contributed by atoms with Gasteiger partial charge >= 0.3 is 0 Å². The van der Waals surface area contributed by atoms with E-state index in [1.165, 1.54) is 10.4 Å². The Bertz CT molecular complexity index is 952. The van der Waals surface area contributed by atoms with Crippen LogP contribution in [0.3, 0.4) is 0 Å². The molecule has 0 saturated carbocycles. The van der Waals surface area contributed by atoms with Crippen LogP contribution in [0.4, 0.5) is 0 Å². The second-order valence-electron chi connectivity index (χ2n) is 8.55. The van der Waals surface area contributed by atoms with E-state index in [1.54, 1.807) is 17.7 Å². The molecule has 2 aromatic rings. The van der Waals surface area contributed by atoms with Crippen LogP contribution in [0.25, 0.3) is 10.2 Å². The molecular weight excluding hydrogens is 374 g/mol. The molecule has 2 fully saturated rings. The molecule has 0 radical (unpaired) electrons. The molecule has 1 amide bonds. The number of ether oxygens (including phenoxy) is 1. The lowest BCUT2D eigenvalue weighted by atomic mass is 9.89. The highest BCUT2D eigenvalue weighted by molar-refractivity contribution is 7.18. The molecule has 0 bridgehead atoms. The normalized spacial score (nSPS) is 26.0. The second-order valence-corrected chi connectivity index (χ2v) is 9.63. The zero-order valence-corrected chi connectivity index (χ0v) is 17.2. The van der Waals surface area contributed by atoms with Gasteiger partial charge in [-0.1, -0.05) is 6.92 Å². The topological polar surface area (TPSA) is 64.4 Å². The van der Waals surface area contributed by atoms with E-state index in [1.807, 2.05) is 9.47 Å². The minimum Gasteiger partial charge on any atom is -0.368 e. The molecule has 0 aromatic carbocycles. The number of carbonyl (C=O) groups is 1. The van der Waals surface area contributed by atoms with E-state index >= 15 is 0 Å². The van der Waals surface area contributed by atoms with E-state index in [9.17, 15) is 9.59 Å². The van der Waals surface area contributed by atoms with E-state index < -0.39 is 0 Å². The molecule has 2 saturated heterocycles. The van der Waals surface area contributed by atoms with Gasteiger partial charge in [-0.25, -0.2) is 4.98 Å². The van der Waals surface area contributed by atoms with Crippen molar-refractivity contribution in [3.8, 4) is 0 Å². The number of hydrogen-bond donors (Lipinski definition) is 0. The summed E-state index contributed by atoms with van der Waals surface area (Å²) >= 11 is 1.70. The first-order chi connectivity index (χ1) is 13.6. The third-order valence-electron chi connectivity index (χ3n) is 6.62. The number of hydrogen-bond acceptors (Lipinski definition) is 5. The molecule has 28 heavy (non-hydrogen) atoms. The van der Waals surface area contributed by atoms with E-state index in [2.05, 4.69) is 11.9 Å². The predicted molar refractivity (Wildman–Crippen MR) is 109 cm³/mol. The fraction of sp³-hybridized carbons (Fsp3) is 0.667. The zero-order chi connectivity index (χ0) is 19.3. The van der Waals surface area contributed by atoms with Gasteiger partial charge in [0.1, 0.15) is 10.9 Å². The van der Waals surface area contributed by atoms with Crippen molar-refractivity contribution in [2.45, 2.75) is 64.0 Å². The first-order valence-electron chi connectivity index (χ1n) is 10.5. The van der Waals surface area contributed by atoms with Gasteiger partial charge in [0.05, 0.1) is 11.7 Å². The van der Waals surface area contributed by atoms with Crippen LogP contribution in [-0.4, -0.2) is 46.2 Å². The fourth-order valence-electron chi connectivity index (χ4n) is 4.94. The summed E-state index contributed by atoms with van der Waals surface area (Å²) in [5.41, 5.74) is 1.36. The van der Waals surface area contributed by atoms with Crippen LogP contribution in [0.15, 0.2) is 11.1 Å². The van der Waals surface area contributed by atoms with Gasteiger partial charge in [0.2, 0.25) is 0 Å². The number of piperidine rings is 1. The smallest absolute Gasteiger partial charge is 0.262 e. The fourth-order valence-corrected chi connectivity index (χ4v) is 6.29. The van der Waals surface area contributed by atoms with Crippen molar-refractivity contribution < 1.29 is 9.53 Å². The molecule has 2 atom stereocenters. The van der Waals surface area contributed by atoms with Crippen LogP contribution in [0.1, 0.15) is 55.5 Å². The number of likely N-dealkylation sites (tertiary alicyclic amines) is 1. The monoisotopic (exact) mass is 401 g/mol. The summed E-state index contributed by atoms with van der Waals surface area (Å²) in [5.74, 6) is 0.811. The molecule has 0 unspecified atom stereocenters. The maximum Gasteiger partial charge on any atom is 0.262 e.